The Morgan fingerprint density at radius 1 is 1.60 bits per heavy atom. The third kappa shape index (κ3) is 4.44. The highest BCUT2D eigenvalue weighted by molar-refractivity contribution is 5.80. The van der Waals surface area contributed by atoms with E-state index in [9.17, 15) is 4.79 Å². The average Bonchev–Trinajstić information content (AvgIpc) is 2.61. The minimum absolute atomic E-state index is 0.0589. The SMILES string of the molecule is CCCCC(=O)N/N=C\c1ccc(C)o1. The van der Waals surface area contributed by atoms with Crippen LogP contribution in [0.4, 0.5) is 0 Å². The summed E-state index contributed by atoms with van der Waals surface area (Å²) in [4.78, 5) is 11.1. The van der Waals surface area contributed by atoms with Crippen molar-refractivity contribution in [3.05, 3.63) is 23.7 Å². The maximum atomic E-state index is 11.1. The minimum atomic E-state index is -0.0589. The molecule has 0 aliphatic heterocycles. The van der Waals surface area contributed by atoms with Gasteiger partial charge in [0.2, 0.25) is 5.91 Å². The number of hydrogen-bond acceptors (Lipinski definition) is 3. The Morgan fingerprint density at radius 3 is 3.00 bits per heavy atom. The van der Waals surface area contributed by atoms with Crippen molar-refractivity contribution >= 4 is 12.1 Å². The van der Waals surface area contributed by atoms with Crippen molar-refractivity contribution in [2.75, 3.05) is 0 Å². The molecule has 1 aromatic heterocycles. The molecule has 15 heavy (non-hydrogen) atoms. The summed E-state index contributed by atoms with van der Waals surface area (Å²) < 4.78 is 5.25. The Labute approximate surface area is 89.4 Å². The van der Waals surface area contributed by atoms with Gasteiger partial charge < -0.3 is 4.42 Å². The molecule has 0 fully saturated rings. The topological polar surface area (TPSA) is 54.6 Å². The summed E-state index contributed by atoms with van der Waals surface area (Å²) in [6.07, 6.45) is 3.91. The van der Waals surface area contributed by atoms with Gasteiger partial charge in [0, 0.05) is 6.42 Å². The normalized spacial score (nSPS) is 10.8. The van der Waals surface area contributed by atoms with E-state index in [1.54, 1.807) is 6.07 Å². The first-order chi connectivity index (χ1) is 7.22. The summed E-state index contributed by atoms with van der Waals surface area (Å²) in [6, 6.07) is 3.65. The Balaban J connectivity index is 2.30. The van der Waals surface area contributed by atoms with E-state index in [-0.39, 0.29) is 5.91 Å². The molecule has 4 heteroatoms. The summed E-state index contributed by atoms with van der Waals surface area (Å²) in [7, 11) is 0. The van der Waals surface area contributed by atoms with Crippen LogP contribution in [0.2, 0.25) is 0 Å². The summed E-state index contributed by atoms with van der Waals surface area (Å²) in [6.45, 7) is 3.90. The van der Waals surface area contributed by atoms with Crippen LogP contribution in [-0.2, 0) is 4.79 Å². The number of nitrogens with zero attached hydrogens (tertiary/aromatic N) is 1. The molecule has 0 saturated carbocycles. The fraction of sp³-hybridized carbons (Fsp3) is 0.455. The van der Waals surface area contributed by atoms with Crippen LogP contribution < -0.4 is 5.43 Å². The van der Waals surface area contributed by atoms with Gasteiger partial charge in [0.1, 0.15) is 11.5 Å². The maximum absolute atomic E-state index is 11.1. The second kappa shape index (κ2) is 6.01. The molecule has 0 bridgehead atoms. The fourth-order valence-corrected chi connectivity index (χ4v) is 1.08. The number of furan rings is 1. The predicted molar refractivity (Wildman–Crippen MR) is 58.7 cm³/mol. The van der Waals surface area contributed by atoms with Gasteiger partial charge >= 0.3 is 0 Å². The van der Waals surface area contributed by atoms with Gasteiger partial charge in [-0.3, -0.25) is 4.79 Å². The molecule has 1 aromatic rings. The van der Waals surface area contributed by atoms with Crippen LogP contribution in [0.3, 0.4) is 0 Å². The number of nitrogens with one attached hydrogen (secondary N) is 1. The fourth-order valence-electron chi connectivity index (χ4n) is 1.08. The first kappa shape index (κ1) is 11.5. The maximum Gasteiger partial charge on any atom is 0.240 e. The van der Waals surface area contributed by atoms with Crippen LogP contribution in [0.5, 0.6) is 0 Å². The third-order valence-electron chi connectivity index (χ3n) is 1.90. The monoisotopic (exact) mass is 208 g/mol. The van der Waals surface area contributed by atoms with E-state index in [0.29, 0.717) is 12.2 Å². The second-order valence-corrected chi connectivity index (χ2v) is 3.35. The van der Waals surface area contributed by atoms with Gasteiger partial charge in [0.25, 0.3) is 0 Å². The van der Waals surface area contributed by atoms with E-state index in [4.69, 9.17) is 4.42 Å². The lowest BCUT2D eigenvalue weighted by Gasteiger charge is -1.96. The molecule has 0 spiro atoms. The van der Waals surface area contributed by atoms with Gasteiger partial charge in [-0.1, -0.05) is 13.3 Å². The van der Waals surface area contributed by atoms with Gasteiger partial charge in [0.05, 0.1) is 6.21 Å². The number of aryl methyl sites for hydroxylation is 1. The van der Waals surface area contributed by atoms with E-state index in [1.165, 1.54) is 6.21 Å². The molecule has 0 aliphatic carbocycles. The van der Waals surface area contributed by atoms with Crippen LogP contribution in [0.1, 0.15) is 37.7 Å². The van der Waals surface area contributed by atoms with Crippen LogP contribution in [0, 0.1) is 6.92 Å². The van der Waals surface area contributed by atoms with Gasteiger partial charge in [0.15, 0.2) is 0 Å². The Kier molecular flexibility index (Phi) is 4.60. The number of hydrazone groups is 1. The first-order valence-electron chi connectivity index (χ1n) is 5.10. The van der Waals surface area contributed by atoms with Gasteiger partial charge in [-0.2, -0.15) is 5.10 Å². The zero-order valence-electron chi connectivity index (χ0n) is 9.12. The van der Waals surface area contributed by atoms with E-state index in [2.05, 4.69) is 10.5 Å². The molecular formula is C11H16N2O2. The van der Waals surface area contributed by atoms with Gasteiger partial charge in [-0.25, -0.2) is 5.43 Å². The lowest BCUT2D eigenvalue weighted by Crippen LogP contribution is -2.16. The molecule has 4 nitrogen and oxygen atoms in total. The summed E-state index contributed by atoms with van der Waals surface area (Å²) in [5.41, 5.74) is 2.45. The Hall–Kier alpha value is -1.58. The largest absolute Gasteiger partial charge is 0.460 e. The smallest absolute Gasteiger partial charge is 0.240 e. The second-order valence-electron chi connectivity index (χ2n) is 3.35. The number of amides is 1. The first-order valence-corrected chi connectivity index (χ1v) is 5.10. The Bertz CT molecular complexity index is 342. The zero-order valence-corrected chi connectivity index (χ0v) is 9.12. The molecular weight excluding hydrogens is 192 g/mol. The highest BCUT2D eigenvalue weighted by Gasteiger charge is 1.97. The molecule has 0 aromatic carbocycles. The number of carbonyl (C=O) groups is 1. The molecule has 1 N–H and O–H groups in total. The van der Waals surface area contributed by atoms with Crippen LogP contribution in [0.25, 0.3) is 0 Å². The quantitative estimate of drug-likeness (QED) is 0.596. The van der Waals surface area contributed by atoms with Crippen molar-refractivity contribution in [2.24, 2.45) is 5.10 Å². The zero-order chi connectivity index (χ0) is 11.1. The van der Waals surface area contributed by atoms with Crippen LogP contribution in [-0.4, -0.2) is 12.1 Å². The van der Waals surface area contributed by atoms with Crippen molar-refractivity contribution in [2.45, 2.75) is 33.1 Å². The molecule has 0 saturated heterocycles. The van der Waals surface area contributed by atoms with Gasteiger partial charge in [-0.15, -0.1) is 0 Å². The number of rotatable bonds is 5. The molecule has 0 atom stereocenters. The molecule has 1 rings (SSSR count). The molecule has 1 amide bonds. The Morgan fingerprint density at radius 2 is 2.40 bits per heavy atom. The summed E-state index contributed by atoms with van der Waals surface area (Å²) >= 11 is 0. The van der Waals surface area contributed by atoms with E-state index in [1.807, 2.05) is 19.9 Å². The summed E-state index contributed by atoms with van der Waals surface area (Å²) in [5.74, 6) is 1.41. The molecule has 0 aliphatic rings. The number of carbonyl (C=O) groups excluding carboxylic acids is 1. The van der Waals surface area contributed by atoms with Crippen molar-refractivity contribution in [1.82, 2.24) is 5.43 Å². The van der Waals surface area contributed by atoms with Crippen LogP contribution >= 0.6 is 0 Å². The van der Waals surface area contributed by atoms with Gasteiger partial charge in [-0.05, 0) is 25.5 Å². The minimum Gasteiger partial charge on any atom is -0.460 e. The lowest BCUT2D eigenvalue weighted by atomic mass is 10.2. The molecule has 82 valence electrons. The van der Waals surface area contributed by atoms with E-state index in [0.717, 1.165) is 18.6 Å². The van der Waals surface area contributed by atoms with Crippen molar-refractivity contribution in [3.8, 4) is 0 Å². The number of unbranched alkanes of at least 4 members (excludes halogenated alkanes) is 1. The molecule has 0 radical (unpaired) electrons. The predicted octanol–water partition coefficient (Wildman–Crippen LogP) is 2.23. The van der Waals surface area contributed by atoms with E-state index < -0.39 is 0 Å². The highest BCUT2D eigenvalue weighted by atomic mass is 16.3. The van der Waals surface area contributed by atoms with E-state index >= 15 is 0 Å². The van der Waals surface area contributed by atoms with Crippen molar-refractivity contribution < 1.29 is 9.21 Å². The molecule has 1 heterocycles. The lowest BCUT2D eigenvalue weighted by molar-refractivity contribution is -0.121. The third-order valence-corrected chi connectivity index (χ3v) is 1.90. The van der Waals surface area contributed by atoms with Crippen LogP contribution in [0.15, 0.2) is 21.7 Å². The molecule has 0 unspecified atom stereocenters. The number of hydrogen-bond donors (Lipinski definition) is 1. The van der Waals surface area contributed by atoms with Crippen molar-refractivity contribution in [3.63, 3.8) is 0 Å². The summed E-state index contributed by atoms with van der Waals surface area (Å²) in [5, 5.41) is 3.79. The highest BCUT2D eigenvalue weighted by Crippen LogP contribution is 2.02. The standard InChI is InChI=1S/C11H16N2O2/c1-3-4-5-11(14)13-12-8-10-7-6-9(2)15-10/h6-8H,3-5H2,1-2H3,(H,13,14)/b12-8-. The van der Waals surface area contributed by atoms with Crippen molar-refractivity contribution in [1.29, 1.82) is 0 Å². The average molecular weight is 208 g/mol.